The lowest BCUT2D eigenvalue weighted by Gasteiger charge is -2.32. The Morgan fingerprint density at radius 2 is 1.62 bits per heavy atom. The van der Waals surface area contributed by atoms with Gasteiger partial charge < -0.3 is 5.11 Å². The minimum absolute atomic E-state index is 0. The lowest BCUT2D eigenvalue weighted by Crippen LogP contribution is -2.30. The topological polar surface area (TPSA) is 20.2 Å². The summed E-state index contributed by atoms with van der Waals surface area (Å²) in [6.07, 6.45) is 5.75. The zero-order chi connectivity index (χ0) is 9.61. The molecule has 1 aliphatic rings. The quantitative estimate of drug-likeness (QED) is 0.659. The van der Waals surface area contributed by atoms with Crippen LogP contribution in [0, 0.1) is 5.92 Å². The first-order chi connectivity index (χ1) is 5.64. The fraction of sp³-hybridized carbons (Fsp3) is 1.00. The van der Waals surface area contributed by atoms with Gasteiger partial charge in [0.2, 0.25) is 0 Å². The zero-order valence-corrected chi connectivity index (χ0v) is 9.06. The van der Waals surface area contributed by atoms with Crippen molar-refractivity contribution in [1.82, 2.24) is 0 Å². The molecule has 0 aromatic rings. The van der Waals surface area contributed by atoms with E-state index in [1.54, 1.807) is 0 Å². The Labute approximate surface area is 84.6 Å². The number of rotatable bonds is 1. The van der Waals surface area contributed by atoms with E-state index in [1.165, 1.54) is 19.3 Å². The summed E-state index contributed by atoms with van der Waals surface area (Å²) in [4.78, 5) is 0. The Morgan fingerprint density at radius 3 is 1.92 bits per heavy atom. The highest BCUT2D eigenvalue weighted by atomic mass is 16.3. The first kappa shape index (κ1) is 15.4. The smallest absolute Gasteiger partial charge is 0.0620 e. The van der Waals surface area contributed by atoms with Gasteiger partial charge in [0.05, 0.1) is 5.60 Å². The predicted molar refractivity (Wildman–Crippen MR) is 61.0 cm³/mol. The summed E-state index contributed by atoms with van der Waals surface area (Å²) in [6, 6.07) is 0. The molecule has 1 nitrogen and oxygen atoms in total. The Balaban J connectivity index is 0. The molecule has 1 rings (SSSR count). The van der Waals surface area contributed by atoms with Crippen LogP contribution in [0.4, 0.5) is 0 Å². The molecule has 1 fully saturated rings. The molecule has 1 N–H and O–H groups in total. The summed E-state index contributed by atoms with van der Waals surface area (Å²) in [5.41, 5.74) is -0.342. The van der Waals surface area contributed by atoms with Crippen molar-refractivity contribution in [3.63, 3.8) is 0 Å². The molecule has 13 heavy (non-hydrogen) atoms. The van der Waals surface area contributed by atoms with E-state index in [-0.39, 0.29) is 13.0 Å². The van der Waals surface area contributed by atoms with E-state index >= 15 is 0 Å². The fourth-order valence-electron chi connectivity index (χ4n) is 1.71. The standard InChI is InChI=1S/C9H18O.C2H6.CH4/c1-3-8-4-6-9(2,10)7-5-8;1-2;/h8,10H,3-7H2,1-2H3;1-2H3;1H4. The van der Waals surface area contributed by atoms with E-state index < -0.39 is 0 Å². The van der Waals surface area contributed by atoms with E-state index in [2.05, 4.69) is 6.92 Å². The average molecular weight is 188 g/mol. The SMILES string of the molecule is C.CC.CCC1CCC(C)(O)CC1. The number of hydrogen-bond acceptors (Lipinski definition) is 1. The van der Waals surface area contributed by atoms with Gasteiger partial charge in [0.25, 0.3) is 0 Å². The molecule has 1 aliphatic carbocycles. The molecule has 0 radical (unpaired) electrons. The van der Waals surface area contributed by atoms with Crippen molar-refractivity contribution in [3.8, 4) is 0 Å². The van der Waals surface area contributed by atoms with Gasteiger partial charge in [-0.05, 0) is 38.5 Å². The van der Waals surface area contributed by atoms with Gasteiger partial charge >= 0.3 is 0 Å². The third-order valence-electron chi connectivity index (χ3n) is 2.76. The van der Waals surface area contributed by atoms with Gasteiger partial charge in [0.1, 0.15) is 0 Å². The summed E-state index contributed by atoms with van der Waals surface area (Å²) < 4.78 is 0. The van der Waals surface area contributed by atoms with Crippen molar-refractivity contribution < 1.29 is 5.11 Å². The maximum Gasteiger partial charge on any atom is 0.0620 e. The Kier molecular flexibility index (Phi) is 8.75. The van der Waals surface area contributed by atoms with Gasteiger partial charge in [-0.3, -0.25) is 0 Å². The van der Waals surface area contributed by atoms with Gasteiger partial charge in [-0.25, -0.2) is 0 Å². The Morgan fingerprint density at radius 1 is 1.23 bits per heavy atom. The van der Waals surface area contributed by atoms with Crippen molar-refractivity contribution in [2.75, 3.05) is 0 Å². The van der Waals surface area contributed by atoms with Crippen LogP contribution < -0.4 is 0 Å². The molecule has 0 bridgehead atoms. The second-order valence-electron chi connectivity index (χ2n) is 3.85. The molecule has 0 aliphatic heterocycles. The van der Waals surface area contributed by atoms with Crippen LogP contribution in [0.15, 0.2) is 0 Å². The average Bonchev–Trinajstić information content (AvgIpc) is 2.08. The van der Waals surface area contributed by atoms with E-state index in [4.69, 9.17) is 0 Å². The second-order valence-corrected chi connectivity index (χ2v) is 3.85. The molecule has 0 atom stereocenters. The predicted octanol–water partition coefficient (Wildman–Crippen LogP) is 4.00. The minimum atomic E-state index is -0.342. The van der Waals surface area contributed by atoms with Crippen molar-refractivity contribution >= 4 is 0 Å². The van der Waals surface area contributed by atoms with Crippen LogP contribution in [0.25, 0.3) is 0 Å². The van der Waals surface area contributed by atoms with Crippen LogP contribution in [-0.2, 0) is 0 Å². The molecule has 1 saturated carbocycles. The van der Waals surface area contributed by atoms with Crippen LogP contribution in [0.2, 0.25) is 0 Å². The third kappa shape index (κ3) is 6.09. The maximum absolute atomic E-state index is 9.59. The summed E-state index contributed by atoms with van der Waals surface area (Å²) >= 11 is 0. The van der Waals surface area contributed by atoms with Crippen LogP contribution >= 0.6 is 0 Å². The van der Waals surface area contributed by atoms with Crippen molar-refractivity contribution in [3.05, 3.63) is 0 Å². The van der Waals surface area contributed by atoms with Crippen LogP contribution in [0.5, 0.6) is 0 Å². The molecule has 0 aromatic carbocycles. The molecule has 0 heterocycles. The molecule has 0 amide bonds. The monoisotopic (exact) mass is 188 g/mol. The fourth-order valence-corrected chi connectivity index (χ4v) is 1.71. The van der Waals surface area contributed by atoms with E-state index in [9.17, 15) is 5.11 Å². The van der Waals surface area contributed by atoms with Crippen LogP contribution in [0.1, 0.15) is 67.2 Å². The third-order valence-corrected chi connectivity index (χ3v) is 2.76. The van der Waals surface area contributed by atoms with Gasteiger partial charge in [-0.2, -0.15) is 0 Å². The Bertz CT molecular complexity index is 97.7. The van der Waals surface area contributed by atoms with E-state index in [0.29, 0.717) is 0 Å². The van der Waals surface area contributed by atoms with Gasteiger partial charge in [0.15, 0.2) is 0 Å². The largest absolute Gasteiger partial charge is 0.390 e. The van der Waals surface area contributed by atoms with Crippen LogP contribution in [-0.4, -0.2) is 10.7 Å². The summed E-state index contributed by atoms with van der Waals surface area (Å²) in [5, 5.41) is 9.59. The molecular weight excluding hydrogens is 160 g/mol. The lowest BCUT2D eigenvalue weighted by molar-refractivity contribution is 0.00763. The van der Waals surface area contributed by atoms with Crippen molar-refractivity contribution in [1.29, 1.82) is 0 Å². The second kappa shape index (κ2) is 7.37. The molecule has 82 valence electrons. The summed E-state index contributed by atoms with van der Waals surface area (Å²) in [7, 11) is 0. The summed E-state index contributed by atoms with van der Waals surface area (Å²) in [5.74, 6) is 0.889. The van der Waals surface area contributed by atoms with Gasteiger partial charge in [0, 0.05) is 0 Å². The minimum Gasteiger partial charge on any atom is -0.390 e. The van der Waals surface area contributed by atoms with Gasteiger partial charge in [-0.1, -0.05) is 34.6 Å². The molecule has 0 saturated heterocycles. The highest BCUT2D eigenvalue weighted by Crippen LogP contribution is 2.32. The highest BCUT2D eigenvalue weighted by molar-refractivity contribution is 4.80. The van der Waals surface area contributed by atoms with Crippen LogP contribution in [0.3, 0.4) is 0 Å². The Hall–Kier alpha value is -0.0400. The van der Waals surface area contributed by atoms with E-state index in [1.807, 2.05) is 20.8 Å². The lowest BCUT2D eigenvalue weighted by atomic mass is 9.79. The highest BCUT2D eigenvalue weighted by Gasteiger charge is 2.27. The molecule has 1 heteroatoms. The maximum atomic E-state index is 9.59. The molecule has 0 aromatic heterocycles. The van der Waals surface area contributed by atoms with Gasteiger partial charge in [-0.15, -0.1) is 0 Å². The summed E-state index contributed by atoms with van der Waals surface area (Å²) in [6.45, 7) is 8.20. The molecule has 0 spiro atoms. The number of hydrogen-bond donors (Lipinski definition) is 1. The van der Waals surface area contributed by atoms with Crippen molar-refractivity contribution in [2.45, 2.75) is 72.8 Å². The normalized spacial score (nSPS) is 32.5. The first-order valence-corrected chi connectivity index (χ1v) is 5.36. The zero-order valence-electron chi connectivity index (χ0n) is 9.06. The van der Waals surface area contributed by atoms with Crippen molar-refractivity contribution in [2.24, 2.45) is 5.92 Å². The molecule has 0 unspecified atom stereocenters. The molecular formula is C12H28O. The van der Waals surface area contributed by atoms with E-state index in [0.717, 1.165) is 18.8 Å². The first-order valence-electron chi connectivity index (χ1n) is 5.36. The number of aliphatic hydroxyl groups is 1.